The highest BCUT2D eigenvalue weighted by Gasteiger charge is 2.09. The summed E-state index contributed by atoms with van der Waals surface area (Å²) in [7, 11) is 0. The molecule has 1 heterocycles. The average molecular weight is 210 g/mol. The molecular formula is C11H18N2O2. The van der Waals surface area contributed by atoms with Crippen molar-refractivity contribution < 1.29 is 9.21 Å². The van der Waals surface area contributed by atoms with Gasteiger partial charge in [-0.05, 0) is 12.8 Å². The Morgan fingerprint density at radius 3 is 2.60 bits per heavy atom. The number of nitrogens with zero attached hydrogens (tertiary/aromatic N) is 1. The van der Waals surface area contributed by atoms with Crippen molar-refractivity contribution in [2.45, 2.75) is 40.7 Å². The Bertz CT molecular complexity index is 342. The zero-order chi connectivity index (χ0) is 11.4. The van der Waals surface area contributed by atoms with Gasteiger partial charge in [0.1, 0.15) is 5.76 Å². The summed E-state index contributed by atoms with van der Waals surface area (Å²) in [4.78, 5) is 15.5. The third-order valence-electron chi connectivity index (χ3n) is 2.04. The predicted molar refractivity (Wildman–Crippen MR) is 57.3 cm³/mol. The van der Waals surface area contributed by atoms with Crippen LogP contribution < -0.4 is 5.32 Å². The molecule has 4 nitrogen and oxygen atoms in total. The highest BCUT2D eigenvalue weighted by atomic mass is 16.4. The molecule has 0 bridgehead atoms. The number of aryl methyl sites for hydroxylation is 2. The Morgan fingerprint density at radius 2 is 2.13 bits per heavy atom. The van der Waals surface area contributed by atoms with Gasteiger partial charge < -0.3 is 9.73 Å². The maximum absolute atomic E-state index is 11.4. The number of rotatable bonds is 4. The molecule has 15 heavy (non-hydrogen) atoms. The minimum absolute atomic E-state index is 0.0541. The minimum atomic E-state index is 0.0541. The van der Waals surface area contributed by atoms with Crippen molar-refractivity contribution in [1.29, 1.82) is 0 Å². The van der Waals surface area contributed by atoms with Crippen molar-refractivity contribution in [2.24, 2.45) is 5.92 Å². The number of carbonyl (C=O) groups is 1. The van der Waals surface area contributed by atoms with Crippen LogP contribution in [0.15, 0.2) is 4.42 Å². The first-order chi connectivity index (χ1) is 6.99. The lowest BCUT2D eigenvalue weighted by atomic mass is 10.1. The lowest BCUT2D eigenvalue weighted by Crippen LogP contribution is -2.24. The normalized spacial score (nSPS) is 10.7. The SMILES string of the molecule is Cc1nc(C)c(CNC(=O)CC(C)C)o1. The summed E-state index contributed by atoms with van der Waals surface area (Å²) in [5.41, 5.74) is 0.845. The van der Waals surface area contributed by atoms with Crippen LogP contribution in [-0.4, -0.2) is 10.9 Å². The lowest BCUT2D eigenvalue weighted by Gasteiger charge is -2.05. The first kappa shape index (κ1) is 11.8. The molecule has 0 aliphatic rings. The van der Waals surface area contributed by atoms with E-state index >= 15 is 0 Å². The fourth-order valence-electron chi connectivity index (χ4n) is 1.36. The number of amides is 1. The van der Waals surface area contributed by atoms with Gasteiger partial charge in [-0.25, -0.2) is 4.98 Å². The van der Waals surface area contributed by atoms with Gasteiger partial charge >= 0.3 is 0 Å². The van der Waals surface area contributed by atoms with Crippen LogP contribution in [0, 0.1) is 19.8 Å². The van der Waals surface area contributed by atoms with Crippen molar-refractivity contribution >= 4 is 5.91 Å². The molecule has 0 unspecified atom stereocenters. The van der Waals surface area contributed by atoms with Gasteiger partial charge in [-0.3, -0.25) is 4.79 Å². The monoisotopic (exact) mass is 210 g/mol. The van der Waals surface area contributed by atoms with Crippen molar-refractivity contribution in [3.8, 4) is 0 Å². The van der Waals surface area contributed by atoms with Gasteiger partial charge in [0.15, 0.2) is 5.89 Å². The molecule has 0 aromatic carbocycles. The van der Waals surface area contributed by atoms with Crippen molar-refractivity contribution in [3.63, 3.8) is 0 Å². The topological polar surface area (TPSA) is 55.1 Å². The van der Waals surface area contributed by atoms with E-state index in [-0.39, 0.29) is 5.91 Å². The van der Waals surface area contributed by atoms with Crippen LogP contribution in [0.25, 0.3) is 0 Å². The first-order valence-corrected chi connectivity index (χ1v) is 5.18. The molecule has 4 heteroatoms. The standard InChI is InChI=1S/C11H18N2O2/c1-7(2)5-11(14)12-6-10-8(3)13-9(4)15-10/h7H,5-6H2,1-4H3,(H,12,14). The Morgan fingerprint density at radius 1 is 1.47 bits per heavy atom. The van der Waals surface area contributed by atoms with Gasteiger partial charge in [-0.15, -0.1) is 0 Å². The number of nitrogens with one attached hydrogen (secondary N) is 1. The van der Waals surface area contributed by atoms with Crippen molar-refractivity contribution in [2.75, 3.05) is 0 Å². The molecule has 0 aliphatic carbocycles. The van der Waals surface area contributed by atoms with Gasteiger partial charge in [-0.1, -0.05) is 13.8 Å². The molecule has 1 amide bonds. The summed E-state index contributed by atoms with van der Waals surface area (Å²) < 4.78 is 5.34. The molecular weight excluding hydrogens is 192 g/mol. The molecule has 84 valence electrons. The van der Waals surface area contributed by atoms with Crippen LogP contribution in [0.2, 0.25) is 0 Å². The van der Waals surface area contributed by atoms with Crippen molar-refractivity contribution in [1.82, 2.24) is 10.3 Å². The molecule has 0 atom stereocenters. The molecule has 0 saturated carbocycles. The molecule has 1 aromatic rings. The van der Waals surface area contributed by atoms with Gasteiger partial charge in [0.2, 0.25) is 5.91 Å². The Balaban J connectivity index is 2.43. The predicted octanol–water partition coefficient (Wildman–Crippen LogP) is 1.95. The Kier molecular flexibility index (Phi) is 3.88. The van der Waals surface area contributed by atoms with Gasteiger partial charge in [0.05, 0.1) is 12.2 Å². The van der Waals surface area contributed by atoms with E-state index in [1.165, 1.54) is 0 Å². The summed E-state index contributed by atoms with van der Waals surface area (Å²) in [6.45, 7) is 8.14. The largest absolute Gasteiger partial charge is 0.444 e. The van der Waals surface area contributed by atoms with E-state index in [4.69, 9.17) is 4.42 Å². The van der Waals surface area contributed by atoms with Crippen LogP contribution in [-0.2, 0) is 11.3 Å². The second kappa shape index (κ2) is 4.96. The third-order valence-corrected chi connectivity index (χ3v) is 2.04. The molecule has 0 spiro atoms. The van der Waals surface area contributed by atoms with Crippen LogP contribution in [0.3, 0.4) is 0 Å². The van der Waals surface area contributed by atoms with Crippen LogP contribution in [0.5, 0.6) is 0 Å². The quantitative estimate of drug-likeness (QED) is 0.826. The first-order valence-electron chi connectivity index (χ1n) is 5.18. The number of aromatic nitrogens is 1. The molecule has 1 aromatic heterocycles. The van der Waals surface area contributed by atoms with Gasteiger partial charge in [0, 0.05) is 13.3 Å². The summed E-state index contributed by atoms with van der Waals surface area (Å²) in [6.07, 6.45) is 0.548. The van der Waals surface area contributed by atoms with E-state index in [0.717, 1.165) is 11.5 Å². The van der Waals surface area contributed by atoms with E-state index in [1.54, 1.807) is 6.92 Å². The lowest BCUT2D eigenvalue weighted by molar-refractivity contribution is -0.122. The third kappa shape index (κ3) is 3.73. The molecule has 0 saturated heterocycles. The summed E-state index contributed by atoms with van der Waals surface area (Å²) in [6, 6.07) is 0. The molecule has 1 N–H and O–H groups in total. The van der Waals surface area contributed by atoms with Crippen LogP contribution in [0.1, 0.15) is 37.6 Å². The summed E-state index contributed by atoms with van der Waals surface area (Å²) in [5, 5.41) is 2.81. The summed E-state index contributed by atoms with van der Waals surface area (Å²) in [5.74, 6) is 1.81. The van der Waals surface area contributed by atoms with Gasteiger partial charge in [0.25, 0.3) is 0 Å². The minimum Gasteiger partial charge on any atom is -0.444 e. The highest BCUT2D eigenvalue weighted by molar-refractivity contribution is 5.75. The Hall–Kier alpha value is -1.32. The van der Waals surface area contributed by atoms with E-state index in [9.17, 15) is 4.79 Å². The maximum atomic E-state index is 11.4. The number of hydrogen-bond acceptors (Lipinski definition) is 3. The zero-order valence-electron chi connectivity index (χ0n) is 9.76. The van der Waals surface area contributed by atoms with Crippen LogP contribution in [0.4, 0.5) is 0 Å². The molecule has 1 rings (SSSR count). The second-order valence-electron chi connectivity index (χ2n) is 4.12. The van der Waals surface area contributed by atoms with E-state index in [0.29, 0.717) is 24.8 Å². The molecule has 0 aliphatic heterocycles. The van der Waals surface area contributed by atoms with E-state index in [1.807, 2.05) is 20.8 Å². The summed E-state index contributed by atoms with van der Waals surface area (Å²) >= 11 is 0. The fraction of sp³-hybridized carbons (Fsp3) is 0.636. The molecule has 0 radical (unpaired) electrons. The molecule has 0 fully saturated rings. The average Bonchev–Trinajstić information content (AvgIpc) is 2.40. The van der Waals surface area contributed by atoms with Crippen LogP contribution >= 0.6 is 0 Å². The van der Waals surface area contributed by atoms with E-state index < -0.39 is 0 Å². The Labute approximate surface area is 90.1 Å². The highest BCUT2D eigenvalue weighted by Crippen LogP contribution is 2.08. The number of oxazole rings is 1. The fourth-order valence-corrected chi connectivity index (χ4v) is 1.36. The van der Waals surface area contributed by atoms with E-state index in [2.05, 4.69) is 10.3 Å². The van der Waals surface area contributed by atoms with Gasteiger partial charge in [-0.2, -0.15) is 0 Å². The smallest absolute Gasteiger partial charge is 0.220 e. The number of carbonyl (C=O) groups excluding carboxylic acids is 1. The second-order valence-corrected chi connectivity index (χ2v) is 4.12. The number of hydrogen-bond donors (Lipinski definition) is 1. The van der Waals surface area contributed by atoms with Crippen molar-refractivity contribution in [3.05, 3.63) is 17.3 Å². The zero-order valence-corrected chi connectivity index (χ0v) is 9.76. The maximum Gasteiger partial charge on any atom is 0.220 e.